The van der Waals surface area contributed by atoms with Crippen LogP contribution >= 0.6 is 0 Å². The van der Waals surface area contributed by atoms with E-state index in [-0.39, 0.29) is 5.97 Å². The van der Waals surface area contributed by atoms with E-state index in [0.29, 0.717) is 5.75 Å². The Morgan fingerprint density at radius 1 is 1.50 bits per heavy atom. The quantitative estimate of drug-likeness (QED) is 0.348. The van der Waals surface area contributed by atoms with Crippen LogP contribution in [-0.2, 0) is 9.68 Å². The van der Waals surface area contributed by atoms with E-state index in [9.17, 15) is 4.79 Å². The Balaban J connectivity index is 2.83. The molecule has 0 aliphatic carbocycles. The molecule has 4 heteroatoms. The molecule has 1 N–H and O–H groups in total. The van der Waals surface area contributed by atoms with Crippen LogP contribution < -0.4 is 4.74 Å². The van der Waals surface area contributed by atoms with Gasteiger partial charge in [0.1, 0.15) is 11.9 Å². The molecule has 0 spiro atoms. The highest BCUT2D eigenvalue weighted by Crippen LogP contribution is 2.20. The smallest absolute Gasteiger partial charge is 0.308 e. The zero-order valence-corrected chi connectivity index (χ0v) is 8.06. The number of hydrogen-bond donors (Lipinski definition) is 1. The van der Waals surface area contributed by atoms with E-state index in [1.165, 1.54) is 6.92 Å². The molecule has 0 fully saturated rings. The van der Waals surface area contributed by atoms with Crippen LogP contribution in [0.1, 0.15) is 25.5 Å². The second kappa shape index (κ2) is 4.74. The molecule has 4 nitrogen and oxygen atoms in total. The van der Waals surface area contributed by atoms with Gasteiger partial charge in [0.15, 0.2) is 0 Å². The molecule has 1 aromatic carbocycles. The fourth-order valence-corrected chi connectivity index (χ4v) is 1.06. The molecule has 0 aromatic heterocycles. The molecule has 0 bridgehead atoms. The third kappa shape index (κ3) is 2.83. The van der Waals surface area contributed by atoms with Crippen LogP contribution in [0.3, 0.4) is 0 Å². The van der Waals surface area contributed by atoms with E-state index in [1.807, 2.05) is 0 Å². The molecule has 0 aliphatic rings. The first kappa shape index (κ1) is 10.7. The third-order valence-electron chi connectivity index (χ3n) is 1.75. The fourth-order valence-electron chi connectivity index (χ4n) is 1.06. The summed E-state index contributed by atoms with van der Waals surface area (Å²) in [6, 6.07) is 6.80. The molecular weight excluding hydrogens is 184 g/mol. The van der Waals surface area contributed by atoms with Crippen molar-refractivity contribution in [3.8, 4) is 5.75 Å². The molecule has 1 rings (SSSR count). The highest BCUT2D eigenvalue weighted by Gasteiger charge is 2.06. The van der Waals surface area contributed by atoms with Crippen LogP contribution in [0, 0.1) is 0 Å². The average molecular weight is 196 g/mol. The number of carbonyl (C=O) groups is 1. The summed E-state index contributed by atoms with van der Waals surface area (Å²) >= 11 is 0. The minimum absolute atomic E-state index is 0.375. The predicted molar refractivity (Wildman–Crippen MR) is 49.9 cm³/mol. The number of carbonyl (C=O) groups excluding carboxylic acids is 1. The number of hydrogen-bond acceptors (Lipinski definition) is 4. The Morgan fingerprint density at radius 3 is 2.79 bits per heavy atom. The van der Waals surface area contributed by atoms with E-state index in [4.69, 9.17) is 9.99 Å². The molecule has 0 heterocycles. The summed E-state index contributed by atoms with van der Waals surface area (Å²) in [5, 5.41) is 8.45. The molecule has 0 aliphatic heterocycles. The van der Waals surface area contributed by atoms with Crippen molar-refractivity contribution in [3.05, 3.63) is 29.8 Å². The van der Waals surface area contributed by atoms with Crippen molar-refractivity contribution < 1.29 is 19.7 Å². The Kier molecular flexibility index (Phi) is 3.62. The molecule has 0 saturated heterocycles. The van der Waals surface area contributed by atoms with Crippen molar-refractivity contribution in [1.82, 2.24) is 0 Å². The summed E-state index contributed by atoms with van der Waals surface area (Å²) in [5.74, 6) is 0.0682. The summed E-state index contributed by atoms with van der Waals surface area (Å²) in [6.45, 7) is 3.02. The minimum Gasteiger partial charge on any atom is -0.427 e. The van der Waals surface area contributed by atoms with Gasteiger partial charge < -0.3 is 4.74 Å². The van der Waals surface area contributed by atoms with Gasteiger partial charge in [-0.3, -0.25) is 10.1 Å². The van der Waals surface area contributed by atoms with Crippen molar-refractivity contribution in [2.45, 2.75) is 20.0 Å². The topological polar surface area (TPSA) is 55.8 Å². The second-order valence-electron chi connectivity index (χ2n) is 2.91. The summed E-state index contributed by atoms with van der Waals surface area (Å²) < 4.78 is 4.87. The number of ether oxygens (including phenoxy) is 1. The Hall–Kier alpha value is -1.39. The first-order chi connectivity index (χ1) is 6.63. The first-order valence-electron chi connectivity index (χ1n) is 4.22. The SMILES string of the molecule is CC(=O)Oc1cccc(C(C)OO)c1. The van der Waals surface area contributed by atoms with Gasteiger partial charge in [-0.2, -0.15) is 0 Å². The van der Waals surface area contributed by atoms with Crippen LogP contribution in [-0.4, -0.2) is 11.2 Å². The van der Waals surface area contributed by atoms with E-state index in [0.717, 1.165) is 5.56 Å². The van der Waals surface area contributed by atoms with Crippen LogP contribution in [0.15, 0.2) is 24.3 Å². The van der Waals surface area contributed by atoms with E-state index in [1.54, 1.807) is 31.2 Å². The van der Waals surface area contributed by atoms with Crippen molar-refractivity contribution in [2.24, 2.45) is 0 Å². The molecule has 76 valence electrons. The van der Waals surface area contributed by atoms with Gasteiger partial charge in [0, 0.05) is 6.92 Å². The van der Waals surface area contributed by atoms with Gasteiger partial charge in [0.25, 0.3) is 0 Å². The van der Waals surface area contributed by atoms with Crippen LogP contribution in [0.25, 0.3) is 0 Å². The highest BCUT2D eigenvalue weighted by atomic mass is 17.1. The molecule has 0 amide bonds. The maximum absolute atomic E-state index is 10.7. The molecule has 0 radical (unpaired) electrons. The van der Waals surface area contributed by atoms with Crippen LogP contribution in [0.4, 0.5) is 0 Å². The molecule has 14 heavy (non-hydrogen) atoms. The Morgan fingerprint density at radius 2 is 2.21 bits per heavy atom. The lowest BCUT2D eigenvalue weighted by atomic mass is 10.1. The average Bonchev–Trinajstić information content (AvgIpc) is 2.16. The van der Waals surface area contributed by atoms with Crippen molar-refractivity contribution in [3.63, 3.8) is 0 Å². The number of rotatable bonds is 3. The predicted octanol–water partition coefficient (Wildman–Crippen LogP) is 2.16. The minimum atomic E-state index is -0.439. The third-order valence-corrected chi connectivity index (χ3v) is 1.75. The van der Waals surface area contributed by atoms with Gasteiger partial charge >= 0.3 is 5.97 Å². The largest absolute Gasteiger partial charge is 0.427 e. The molecular formula is C10H12O4. The normalized spacial score (nSPS) is 12.2. The number of esters is 1. The Labute approximate surface area is 82.0 Å². The molecule has 1 atom stereocenters. The zero-order valence-electron chi connectivity index (χ0n) is 8.06. The molecule has 1 aromatic rings. The van der Waals surface area contributed by atoms with Crippen molar-refractivity contribution in [1.29, 1.82) is 0 Å². The van der Waals surface area contributed by atoms with Crippen molar-refractivity contribution in [2.75, 3.05) is 0 Å². The highest BCUT2D eigenvalue weighted by molar-refractivity contribution is 5.69. The molecule has 0 saturated carbocycles. The summed E-state index contributed by atoms with van der Waals surface area (Å²) in [4.78, 5) is 14.8. The maximum atomic E-state index is 10.7. The van der Waals surface area contributed by atoms with Crippen molar-refractivity contribution >= 4 is 5.97 Å². The lowest BCUT2D eigenvalue weighted by molar-refractivity contribution is -0.277. The van der Waals surface area contributed by atoms with E-state index < -0.39 is 6.10 Å². The van der Waals surface area contributed by atoms with E-state index >= 15 is 0 Å². The van der Waals surface area contributed by atoms with Gasteiger partial charge in [-0.1, -0.05) is 12.1 Å². The van der Waals surface area contributed by atoms with E-state index in [2.05, 4.69) is 4.89 Å². The monoisotopic (exact) mass is 196 g/mol. The van der Waals surface area contributed by atoms with Crippen LogP contribution in [0.5, 0.6) is 5.75 Å². The van der Waals surface area contributed by atoms with Gasteiger partial charge in [0.05, 0.1) is 0 Å². The summed E-state index contributed by atoms with van der Waals surface area (Å²) in [5.41, 5.74) is 0.742. The molecule has 1 unspecified atom stereocenters. The lowest BCUT2D eigenvalue weighted by Crippen LogP contribution is -2.02. The standard InChI is InChI=1S/C10H12O4/c1-7(14-12)9-4-3-5-10(6-9)13-8(2)11/h3-7,12H,1-2H3. The first-order valence-corrected chi connectivity index (χ1v) is 4.22. The fraction of sp³-hybridized carbons (Fsp3) is 0.300. The Bertz CT molecular complexity index is 322. The van der Waals surface area contributed by atoms with Gasteiger partial charge in [0.2, 0.25) is 0 Å². The van der Waals surface area contributed by atoms with Gasteiger partial charge in [-0.05, 0) is 24.6 Å². The summed E-state index contributed by atoms with van der Waals surface area (Å²) in [7, 11) is 0. The lowest BCUT2D eigenvalue weighted by Gasteiger charge is -2.08. The zero-order chi connectivity index (χ0) is 10.6. The maximum Gasteiger partial charge on any atom is 0.308 e. The van der Waals surface area contributed by atoms with Gasteiger partial charge in [-0.25, -0.2) is 4.89 Å². The second-order valence-corrected chi connectivity index (χ2v) is 2.91. The number of benzene rings is 1. The van der Waals surface area contributed by atoms with Crippen LogP contribution in [0.2, 0.25) is 0 Å². The van der Waals surface area contributed by atoms with Gasteiger partial charge in [-0.15, -0.1) is 0 Å². The summed E-state index contributed by atoms with van der Waals surface area (Å²) in [6.07, 6.45) is -0.439.